The molecule has 2 amide bonds. The summed E-state index contributed by atoms with van der Waals surface area (Å²) in [5.41, 5.74) is 0.863. The second kappa shape index (κ2) is 6.97. The molecule has 1 aromatic rings. The Bertz CT molecular complexity index is 727. The van der Waals surface area contributed by atoms with Crippen LogP contribution in [0.4, 0.5) is 0 Å². The Morgan fingerprint density at radius 2 is 1.74 bits per heavy atom. The maximum Gasteiger partial charge on any atom is 0.257 e. The van der Waals surface area contributed by atoms with Crippen molar-refractivity contribution in [1.82, 2.24) is 14.7 Å². The summed E-state index contributed by atoms with van der Waals surface area (Å²) < 4.78 is 5.53. The first kappa shape index (κ1) is 18.5. The summed E-state index contributed by atoms with van der Waals surface area (Å²) in [7, 11) is 2.09. The van der Waals surface area contributed by atoms with Crippen LogP contribution in [0.3, 0.4) is 0 Å². The Hall–Kier alpha value is -1.82. The minimum absolute atomic E-state index is 0.0177. The molecule has 148 valence electrons. The van der Waals surface area contributed by atoms with Crippen LogP contribution in [0.5, 0.6) is 0 Å². The summed E-state index contributed by atoms with van der Waals surface area (Å²) in [6, 6.07) is 1.86. The van der Waals surface area contributed by atoms with E-state index in [4.69, 9.17) is 4.42 Å². The van der Waals surface area contributed by atoms with E-state index in [1.807, 2.05) is 29.7 Å². The van der Waals surface area contributed by atoms with Gasteiger partial charge in [-0.25, -0.2) is 0 Å². The van der Waals surface area contributed by atoms with Crippen LogP contribution >= 0.6 is 0 Å². The molecule has 4 rings (SSSR count). The highest BCUT2D eigenvalue weighted by molar-refractivity contribution is 5.95. The molecule has 0 aromatic carbocycles. The molecule has 3 fully saturated rings. The van der Waals surface area contributed by atoms with Crippen molar-refractivity contribution >= 4 is 11.8 Å². The molecule has 27 heavy (non-hydrogen) atoms. The number of carbonyl (C=O) groups is 2. The maximum atomic E-state index is 12.9. The van der Waals surface area contributed by atoms with Crippen LogP contribution in [-0.4, -0.2) is 72.3 Å². The van der Waals surface area contributed by atoms with Gasteiger partial charge < -0.3 is 14.2 Å². The smallest absolute Gasteiger partial charge is 0.257 e. The van der Waals surface area contributed by atoms with Crippen molar-refractivity contribution in [2.75, 3.05) is 39.8 Å². The van der Waals surface area contributed by atoms with Crippen LogP contribution in [0.1, 0.15) is 54.0 Å². The fourth-order valence-corrected chi connectivity index (χ4v) is 5.25. The van der Waals surface area contributed by atoms with E-state index < -0.39 is 0 Å². The number of amides is 2. The molecular formula is C21H31N3O3. The number of likely N-dealkylation sites (N-methyl/N-ethyl adjacent to an activating group) is 1. The zero-order valence-electron chi connectivity index (χ0n) is 16.8. The third kappa shape index (κ3) is 3.40. The molecule has 0 radical (unpaired) electrons. The second-order valence-corrected chi connectivity index (χ2v) is 8.79. The number of aryl methyl sites for hydroxylation is 2. The van der Waals surface area contributed by atoms with Crippen LogP contribution < -0.4 is 0 Å². The van der Waals surface area contributed by atoms with Gasteiger partial charge in [0.05, 0.1) is 11.6 Å². The minimum Gasteiger partial charge on any atom is -0.466 e. The normalized spacial score (nSPS) is 25.5. The third-order valence-corrected chi connectivity index (χ3v) is 6.83. The molecule has 4 heterocycles. The lowest BCUT2D eigenvalue weighted by Gasteiger charge is -2.39. The summed E-state index contributed by atoms with van der Waals surface area (Å²) in [6.07, 6.45) is 5.16. The van der Waals surface area contributed by atoms with Crippen LogP contribution in [0.15, 0.2) is 10.5 Å². The number of piperidine rings is 1. The van der Waals surface area contributed by atoms with Gasteiger partial charge in [-0.2, -0.15) is 0 Å². The maximum absolute atomic E-state index is 12.9. The van der Waals surface area contributed by atoms with E-state index in [9.17, 15) is 9.59 Å². The standard InChI is InChI=1S/C21H31N3O3/c1-15-12-17(16(2)27-15)19(25)24-10-6-21(7-11-24)13-18(22(3)14-21)20(26)23-8-4-5-9-23/h12,18H,4-11,13-14H2,1-3H3. The van der Waals surface area contributed by atoms with Gasteiger partial charge in [-0.05, 0) is 64.5 Å². The third-order valence-electron chi connectivity index (χ3n) is 6.83. The zero-order valence-corrected chi connectivity index (χ0v) is 16.8. The Kier molecular flexibility index (Phi) is 4.78. The molecule has 0 saturated carbocycles. The topological polar surface area (TPSA) is 57.0 Å². The van der Waals surface area contributed by atoms with E-state index in [1.165, 1.54) is 0 Å². The molecule has 1 spiro atoms. The molecule has 1 aromatic heterocycles. The first-order valence-corrected chi connectivity index (χ1v) is 10.2. The Balaban J connectivity index is 1.39. The molecule has 1 atom stereocenters. The first-order chi connectivity index (χ1) is 12.9. The number of carbonyl (C=O) groups excluding carboxylic acids is 2. The van der Waals surface area contributed by atoms with Crippen molar-refractivity contribution in [1.29, 1.82) is 0 Å². The van der Waals surface area contributed by atoms with Crippen molar-refractivity contribution in [3.05, 3.63) is 23.2 Å². The molecule has 3 saturated heterocycles. The zero-order chi connectivity index (χ0) is 19.2. The lowest BCUT2D eigenvalue weighted by atomic mass is 9.76. The van der Waals surface area contributed by atoms with E-state index in [-0.39, 0.29) is 17.4 Å². The van der Waals surface area contributed by atoms with Gasteiger partial charge >= 0.3 is 0 Å². The average molecular weight is 373 g/mol. The van der Waals surface area contributed by atoms with Gasteiger partial charge in [0.15, 0.2) is 0 Å². The van der Waals surface area contributed by atoms with E-state index in [0.29, 0.717) is 17.2 Å². The van der Waals surface area contributed by atoms with Crippen LogP contribution in [-0.2, 0) is 4.79 Å². The lowest BCUT2D eigenvalue weighted by Crippen LogP contribution is -2.44. The number of rotatable bonds is 2. The second-order valence-electron chi connectivity index (χ2n) is 8.79. The summed E-state index contributed by atoms with van der Waals surface area (Å²) in [4.78, 5) is 32.0. The van der Waals surface area contributed by atoms with Crippen molar-refractivity contribution in [3.8, 4) is 0 Å². The molecular weight excluding hydrogens is 342 g/mol. The average Bonchev–Trinajstić information content (AvgIpc) is 3.35. The van der Waals surface area contributed by atoms with Crippen molar-refractivity contribution in [3.63, 3.8) is 0 Å². The number of hydrogen-bond acceptors (Lipinski definition) is 4. The van der Waals surface area contributed by atoms with E-state index >= 15 is 0 Å². The highest BCUT2D eigenvalue weighted by atomic mass is 16.3. The van der Waals surface area contributed by atoms with E-state index in [2.05, 4.69) is 11.9 Å². The van der Waals surface area contributed by atoms with Gasteiger partial charge in [0.2, 0.25) is 5.91 Å². The summed E-state index contributed by atoms with van der Waals surface area (Å²) in [5.74, 6) is 1.88. The molecule has 3 aliphatic heterocycles. The van der Waals surface area contributed by atoms with Gasteiger partial charge in [0, 0.05) is 32.7 Å². The number of hydrogen-bond donors (Lipinski definition) is 0. The summed E-state index contributed by atoms with van der Waals surface area (Å²) >= 11 is 0. The van der Waals surface area contributed by atoms with Crippen LogP contribution in [0.2, 0.25) is 0 Å². The van der Waals surface area contributed by atoms with E-state index in [1.54, 1.807) is 0 Å². The number of nitrogens with zero attached hydrogens (tertiary/aromatic N) is 3. The highest BCUT2D eigenvalue weighted by Gasteiger charge is 2.48. The summed E-state index contributed by atoms with van der Waals surface area (Å²) in [5, 5.41) is 0. The predicted octanol–water partition coefficient (Wildman–Crippen LogP) is 2.45. The van der Waals surface area contributed by atoms with Crippen molar-refractivity contribution < 1.29 is 14.0 Å². The first-order valence-electron chi connectivity index (χ1n) is 10.2. The van der Waals surface area contributed by atoms with Gasteiger partial charge in [0.1, 0.15) is 11.5 Å². The molecule has 0 N–H and O–H groups in total. The van der Waals surface area contributed by atoms with Crippen molar-refractivity contribution in [2.45, 2.75) is 52.0 Å². The Morgan fingerprint density at radius 1 is 1.07 bits per heavy atom. The highest BCUT2D eigenvalue weighted by Crippen LogP contribution is 2.43. The molecule has 0 bridgehead atoms. The quantitative estimate of drug-likeness (QED) is 0.799. The molecule has 6 heteroatoms. The molecule has 6 nitrogen and oxygen atoms in total. The van der Waals surface area contributed by atoms with Crippen molar-refractivity contribution in [2.24, 2.45) is 5.41 Å². The molecule has 3 aliphatic rings. The summed E-state index contributed by atoms with van der Waals surface area (Å²) in [6.45, 7) is 8.06. The van der Waals surface area contributed by atoms with Gasteiger partial charge in [-0.1, -0.05) is 0 Å². The predicted molar refractivity (Wildman–Crippen MR) is 103 cm³/mol. The van der Waals surface area contributed by atoms with Gasteiger partial charge in [-0.15, -0.1) is 0 Å². The van der Waals surface area contributed by atoms with Crippen LogP contribution in [0.25, 0.3) is 0 Å². The fourth-order valence-electron chi connectivity index (χ4n) is 5.25. The Morgan fingerprint density at radius 3 is 2.33 bits per heavy atom. The van der Waals surface area contributed by atoms with Gasteiger partial charge in [-0.3, -0.25) is 14.5 Å². The Labute approximate surface area is 161 Å². The minimum atomic E-state index is 0.0177. The fraction of sp³-hybridized carbons (Fsp3) is 0.714. The number of furan rings is 1. The monoisotopic (exact) mass is 373 g/mol. The van der Waals surface area contributed by atoms with Gasteiger partial charge in [0.25, 0.3) is 5.91 Å². The number of likely N-dealkylation sites (tertiary alicyclic amines) is 3. The largest absolute Gasteiger partial charge is 0.466 e. The molecule has 0 aliphatic carbocycles. The SMILES string of the molecule is Cc1cc(C(=O)N2CCC3(CC2)CC(C(=O)N2CCCC2)N(C)C3)c(C)o1. The van der Waals surface area contributed by atoms with Crippen LogP contribution in [0, 0.1) is 19.3 Å². The lowest BCUT2D eigenvalue weighted by molar-refractivity contribution is -0.134. The molecule has 1 unspecified atom stereocenters. The van der Waals surface area contributed by atoms with E-state index in [0.717, 1.165) is 70.6 Å².